The van der Waals surface area contributed by atoms with Crippen molar-refractivity contribution in [2.45, 2.75) is 19.9 Å². The van der Waals surface area contributed by atoms with Gasteiger partial charge in [0.25, 0.3) is 0 Å². The van der Waals surface area contributed by atoms with Gasteiger partial charge >= 0.3 is 0 Å². The Kier molecular flexibility index (Phi) is 3.36. The SMILES string of the molecule is CNC(c1cccnc1C)c1ccsc1C. The molecule has 84 valence electrons. The van der Waals surface area contributed by atoms with Gasteiger partial charge in [-0.15, -0.1) is 11.3 Å². The maximum atomic E-state index is 4.35. The fourth-order valence-corrected chi connectivity index (χ4v) is 2.72. The van der Waals surface area contributed by atoms with Gasteiger partial charge in [0.05, 0.1) is 6.04 Å². The molecular formula is C13H16N2S. The minimum atomic E-state index is 0.250. The highest BCUT2D eigenvalue weighted by Gasteiger charge is 2.16. The highest BCUT2D eigenvalue weighted by molar-refractivity contribution is 7.10. The Hall–Kier alpha value is -1.19. The molecule has 1 atom stereocenters. The Labute approximate surface area is 100 Å². The van der Waals surface area contributed by atoms with Crippen molar-refractivity contribution >= 4 is 11.3 Å². The van der Waals surface area contributed by atoms with E-state index >= 15 is 0 Å². The summed E-state index contributed by atoms with van der Waals surface area (Å²) in [5.41, 5.74) is 3.70. The average Bonchev–Trinajstić information content (AvgIpc) is 2.69. The van der Waals surface area contributed by atoms with E-state index in [0.29, 0.717) is 0 Å². The maximum absolute atomic E-state index is 4.35. The van der Waals surface area contributed by atoms with E-state index in [1.165, 1.54) is 16.0 Å². The quantitative estimate of drug-likeness (QED) is 0.879. The molecule has 16 heavy (non-hydrogen) atoms. The number of nitrogens with one attached hydrogen (secondary N) is 1. The normalized spacial score (nSPS) is 12.7. The van der Waals surface area contributed by atoms with Gasteiger partial charge in [-0.25, -0.2) is 0 Å². The van der Waals surface area contributed by atoms with Crippen molar-refractivity contribution in [1.29, 1.82) is 0 Å². The van der Waals surface area contributed by atoms with E-state index in [2.05, 4.69) is 41.7 Å². The summed E-state index contributed by atoms with van der Waals surface area (Å²) in [6, 6.07) is 6.57. The van der Waals surface area contributed by atoms with E-state index < -0.39 is 0 Å². The lowest BCUT2D eigenvalue weighted by atomic mass is 9.99. The Bertz CT molecular complexity index is 476. The topological polar surface area (TPSA) is 24.9 Å². The lowest BCUT2D eigenvalue weighted by Crippen LogP contribution is -2.19. The molecule has 0 fully saturated rings. The van der Waals surface area contributed by atoms with Crippen LogP contribution in [0, 0.1) is 13.8 Å². The number of hydrogen-bond donors (Lipinski definition) is 1. The molecular weight excluding hydrogens is 216 g/mol. The molecule has 2 rings (SSSR count). The number of thiophene rings is 1. The van der Waals surface area contributed by atoms with Crippen molar-refractivity contribution in [1.82, 2.24) is 10.3 Å². The lowest BCUT2D eigenvalue weighted by molar-refractivity contribution is 0.682. The zero-order valence-electron chi connectivity index (χ0n) is 9.82. The number of aryl methyl sites for hydroxylation is 2. The van der Waals surface area contributed by atoms with E-state index in [4.69, 9.17) is 0 Å². The third kappa shape index (κ3) is 2.01. The molecule has 0 saturated carbocycles. The van der Waals surface area contributed by atoms with Gasteiger partial charge in [0, 0.05) is 16.8 Å². The van der Waals surface area contributed by atoms with Crippen molar-refractivity contribution in [2.24, 2.45) is 0 Å². The van der Waals surface area contributed by atoms with E-state index in [-0.39, 0.29) is 6.04 Å². The first kappa shape index (κ1) is 11.3. The molecule has 0 aliphatic carbocycles. The second kappa shape index (κ2) is 4.76. The van der Waals surface area contributed by atoms with Crippen LogP contribution in [0.4, 0.5) is 0 Å². The van der Waals surface area contributed by atoms with Crippen molar-refractivity contribution in [3.63, 3.8) is 0 Å². The van der Waals surface area contributed by atoms with Crippen LogP contribution >= 0.6 is 11.3 Å². The lowest BCUT2D eigenvalue weighted by Gasteiger charge is -2.18. The highest BCUT2D eigenvalue weighted by Crippen LogP contribution is 2.28. The van der Waals surface area contributed by atoms with Crippen LogP contribution in [-0.2, 0) is 0 Å². The summed E-state index contributed by atoms with van der Waals surface area (Å²) in [6.45, 7) is 4.22. The molecule has 2 aromatic heterocycles. The number of rotatable bonds is 3. The fourth-order valence-electron chi connectivity index (χ4n) is 1.97. The molecule has 0 saturated heterocycles. The fraction of sp³-hybridized carbons (Fsp3) is 0.308. The molecule has 1 unspecified atom stereocenters. The minimum absolute atomic E-state index is 0.250. The Morgan fingerprint density at radius 2 is 2.06 bits per heavy atom. The van der Waals surface area contributed by atoms with Crippen LogP contribution in [0.15, 0.2) is 29.8 Å². The van der Waals surface area contributed by atoms with Crippen LogP contribution < -0.4 is 5.32 Å². The zero-order chi connectivity index (χ0) is 11.5. The average molecular weight is 232 g/mol. The summed E-state index contributed by atoms with van der Waals surface area (Å²) < 4.78 is 0. The second-order valence-corrected chi connectivity index (χ2v) is 4.95. The van der Waals surface area contributed by atoms with E-state index in [9.17, 15) is 0 Å². The first-order chi connectivity index (χ1) is 7.74. The third-order valence-corrected chi connectivity index (χ3v) is 3.72. The van der Waals surface area contributed by atoms with Crippen LogP contribution in [0.3, 0.4) is 0 Å². The number of nitrogens with zero attached hydrogens (tertiary/aromatic N) is 1. The molecule has 1 N–H and O–H groups in total. The van der Waals surface area contributed by atoms with Gasteiger partial charge in [-0.05, 0) is 49.5 Å². The van der Waals surface area contributed by atoms with E-state index in [1.807, 2.05) is 19.3 Å². The molecule has 2 heterocycles. The summed E-state index contributed by atoms with van der Waals surface area (Å²) in [4.78, 5) is 5.71. The number of hydrogen-bond acceptors (Lipinski definition) is 3. The standard InChI is InChI=1S/C13H16N2S/c1-9-11(5-4-7-15-9)13(14-3)12-6-8-16-10(12)2/h4-8,13-14H,1-3H3. The highest BCUT2D eigenvalue weighted by atomic mass is 32.1. The summed E-state index contributed by atoms with van der Waals surface area (Å²) in [5, 5.41) is 5.51. The largest absolute Gasteiger partial charge is 0.309 e. The predicted molar refractivity (Wildman–Crippen MR) is 68.9 cm³/mol. The van der Waals surface area contributed by atoms with Gasteiger partial charge in [-0.3, -0.25) is 4.98 Å². The van der Waals surface area contributed by atoms with Crippen molar-refractivity contribution in [3.8, 4) is 0 Å². The number of aromatic nitrogens is 1. The summed E-state index contributed by atoms with van der Waals surface area (Å²) in [6.07, 6.45) is 1.84. The van der Waals surface area contributed by atoms with Gasteiger partial charge in [-0.1, -0.05) is 6.07 Å². The number of pyridine rings is 1. The smallest absolute Gasteiger partial charge is 0.0603 e. The van der Waals surface area contributed by atoms with Crippen molar-refractivity contribution in [3.05, 3.63) is 51.5 Å². The molecule has 0 aliphatic heterocycles. The summed E-state index contributed by atoms with van der Waals surface area (Å²) in [7, 11) is 1.99. The first-order valence-corrected chi connectivity index (χ1v) is 6.24. The van der Waals surface area contributed by atoms with Crippen LogP contribution in [0.2, 0.25) is 0 Å². The van der Waals surface area contributed by atoms with Crippen LogP contribution in [0.25, 0.3) is 0 Å². The molecule has 0 radical (unpaired) electrons. The van der Waals surface area contributed by atoms with E-state index in [0.717, 1.165) is 5.69 Å². The van der Waals surface area contributed by atoms with Gasteiger partial charge in [-0.2, -0.15) is 0 Å². The van der Waals surface area contributed by atoms with Gasteiger partial charge in [0.2, 0.25) is 0 Å². The summed E-state index contributed by atoms with van der Waals surface area (Å²) >= 11 is 1.79. The third-order valence-electron chi connectivity index (χ3n) is 2.86. The van der Waals surface area contributed by atoms with Crippen molar-refractivity contribution < 1.29 is 0 Å². The second-order valence-electron chi connectivity index (χ2n) is 3.83. The predicted octanol–water partition coefficient (Wildman–Crippen LogP) is 3.07. The van der Waals surface area contributed by atoms with Crippen LogP contribution in [0.5, 0.6) is 0 Å². The molecule has 0 bridgehead atoms. The maximum Gasteiger partial charge on any atom is 0.0603 e. The summed E-state index contributed by atoms with van der Waals surface area (Å²) in [5.74, 6) is 0. The van der Waals surface area contributed by atoms with Gasteiger partial charge < -0.3 is 5.32 Å². The van der Waals surface area contributed by atoms with Crippen LogP contribution in [-0.4, -0.2) is 12.0 Å². The Morgan fingerprint density at radius 3 is 2.62 bits per heavy atom. The molecule has 0 aromatic carbocycles. The van der Waals surface area contributed by atoms with Gasteiger partial charge in [0.15, 0.2) is 0 Å². The van der Waals surface area contributed by atoms with Crippen molar-refractivity contribution in [2.75, 3.05) is 7.05 Å². The molecule has 0 aliphatic rings. The Morgan fingerprint density at radius 1 is 1.25 bits per heavy atom. The zero-order valence-corrected chi connectivity index (χ0v) is 10.6. The Balaban J connectivity index is 2.45. The first-order valence-electron chi connectivity index (χ1n) is 5.37. The van der Waals surface area contributed by atoms with E-state index in [1.54, 1.807) is 11.3 Å². The molecule has 0 spiro atoms. The molecule has 2 aromatic rings. The monoisotopic (exact) mass is 232 g/mol. The molecule has 3 heteroatoms. The minimum Gasteiger partial charge on any atom is -0.309 e. The van der Waals surface area contributed by atoms with Gasteiger partial charge in [0.1, 0.15) is 0 Å². The molecule has 0 amide bonds. The van der Waals surface area contributed by atoms with Crippen LogP contribution in [0.1, 0.15) is 27.7 Å². The molecule has 2 nitrogen and oxygen atoms in total.